The average Bonchev–Trinajstić information content (AvgIpc) is 2.64. The molecule has 2 saturated heterocycles. The maximum atomic E-state index is 12.5. The van der Waals surface area contributed by atoms with Crippen LogP contribution in [0.25, 0.3) is 0 Å². The number of amides is 3. The van der Waals surface area contributed by atoms with Crippen molar-refractivity contribution in [1.82, 2.24) is 4.90 Å². The number of hydrogen-bond donors (Lipinski definition) is 0. The van der Waals surface area contributed by atoms with E-state index >= 15 is 0 Å². The summed E-state index contributed by atoms with van der Waals surface area (Å²) in [4.78, 5) is 27.5. The van der Waals surface area contributed by atoms with Crippen LogP contribution >= 0.6 is 0 Å². The molecule has 6 heteroatoms. The fourth-order valence-corrected chi connectivity index (χ4v) is 3.12. The summed E-state index contributed by atoms with van der Waals surface area (Å²) >= 11 is 0. The van der Waals surface area contributed by atoms with Crippen molar-refractivity contribution in [3.8, 4) is 0 Å². The van der Waals surface area contributed by atoms with Gasteiger partial charge in [0.05, 0.1) is 6.20 Å². The van der Waals surface area contributed by atoms with Gasteiger partial charge in [-0.25, -0.2) is 14.3 Å². The molecular weight excluding hydrogens is 270 g/mol. The zero-order valence-electron chi connectivity index (χ0n) is 11.6. The van der Waals surface area contributed by atoms with Gasteiger partial charge >= 0.3 is 11.9 Å². The van der Waals surface area contributed by atoms with Crippen LogP contribution in [0.3, 0.4) is 0 Å². The number of urea groups is 1. The number of aromatic nitrogens is 1. The lowest BCUT2D eigenvalue weighted by atomic mass is 10.0. The Morgan fingerprint density at radius 3 is 2.62 bits per heavy atom. The van der Waals surface area contributed by atoms with E-state index in [-0.39, 0.29) is 25.2 Å². The summed E-state index contributed by atoms with van der Waals surface area (Å²) < 4.78 is 0.624. The van der Waals surface area contributed by atoms with Crippen LogP contribution in [0.5, 0.6) is 0 Å². The molecule has 1 aromatic rings. The lowest BCUT2D eigenvalue weighted by molar-refractivity contribution is -0.592. The minimum absolute atomic E-state index is 0. The standard InChI is InChI=1S/C14H17N3O3.CH4/c1-9-7-10(2)12(16(20)8-9)17-13(18)11-5-3-4-6-15(11)14(17)19;/h7-8,11H,3-6H2,1-2H3;1H4. The Balaban J connectivity index is 0.00000161. The first kappa shape index (κ1) is 15.3. The number of hydrogen-bond acceptors (Lipinski definition) is 3. The topological polar surface area (TPSA) is 67.6 Å². The normalized spacial score (nSPS) is 21.3. The van der Waals surface area contributed by atoms with Crippen LogP contribution in [0.2, 0.25) is 0 Å². The highest BCUT2D eigenvalue weighted by molar-refractivity contribution is 6.20. The van der Waals surface area contributed by atoms with E-state index in [1.807, 2.05) is 13.0 Å². The summed E-state index contributed by atoms with van der Waals surface area (Å²) in [5.41, 5.74) is 1.44. The quantitative estimate of drug-likeness (QED) is 0.451. The Bertz CT molecular complexity index is 553. The lowest BCUT2D eigenvalue weighted by Crippen LogP contribution is -2.43. The van der Waals surface area contributed by atoms with Crippen molar-refractivity contribution in [3.63, 3.8) is 0 Å². The van der Waals surface area contributed by atoms with Gasteiger partial charge in [-0.3, -0.25) is 4.90 Å². The fourth-order valence-electron chi connectivity index (χ4n) is 3.12. The Kier molecular flexibility index (Phi) is 3.89. The van der Waals surface area contributed by atoms with Gasteiger partial charge in [-0.15, -0.1) is 4.90 Å². The van der Waals surface area contributed by atoms with Crippen molar-refractivity contribution in [2.75, 3.05) is 11.4 Å². The van der Waals surface area contributed by atoms with Crippen molar-refractivity contribution >= 4 is 17.8 Å². The smallest absolute Gasteiger partial charge is 0.419 e. The second-order valence-electron chi connectivity index (χ2n) is 5.51. The van der Waals surface area contributed by atoms with Crippen molar-refractivity contribution in [1.29, 1.82) is 0 Å². The average molecular weight is 291 g/mol. The Morgan fingerprint density at radius 2 is 2.00 bits per heavy atom. The summed E-state index contributed by atoms with van der Waals surface area (Å²) in [7, 11) is 0. The van der Waals surface area contributed by atoms with Crippen molar-refractivity contribution in [2.24, 2.45) is 0 Å². The number of pyridine rings is 1. The molecule has 1 unspecified atom stereocenters. The highest BCUT2D eigenvalue weighted by Gasteiger charge is 2.53. The largest absolute Gasteiger partial charge is 0.711 e. The predicted octanol–water partition coefficient (Wildman–Crippen LogP) is 1.89. The number of nitrogens with zero attached hydrogens (tertiary/aromatic N) is 3. The molecular formula is C15H21N3O3. The highest BCUT2D eigenvalue weighted by Crippen LogP contribution is 2.30. The molecule has 2 aliphatic heterocycles. The van der Waals surface area contributed by atoms with Gasteiger partial charge in [-0.05, 0) is 44.7 Å². The third kappa shape index (κ3) is 2.24. The summed E-state index contributed by atoms with van der Waals surface area (Å²) in [5.74, 6) is -0.133. The predicted molar refractivity (Wildman–Crippen MR) is 78.8 cm³/mol. The summed E-state index contributed by atoms with van der Waals surface area (Å²) in [6, 6.07) is 1.05. The number of rotatable bonds is 1. The van der Waals surface area contributed by atoms with E-state index in [1.165, 1.54) is 6.20 Å². The van der Waals surface area contributed by atoms with Gasteiger partial charge in [0.25, 0.3) is 5.82 Å². The van der Waals surface area contributed by atoms with Crippen LogP contribution in [-0.4, -0.2) is 29.4 Å². The molecule has 0 N–H and O–H groups in total. The molecule has 3 heterocycles. The molecule has 114 valence electrons. The number of fused-ring (bicyclic) bond motifs is 1. The van der Waals surface area contributed by atoms with E-state index in [0.717, 1.165) is 23.3 Å². The molecule has 0 spiro atoms. The fraction of sp³-hybridized carbons (Fsp3) is 0.533. The minimum atomic E-state index is -0.392. The third-order valence-electron chi connectivity index (χ3n) is 3.98. The Morgan fingerprint density at radius 1 is 1.29 bits per heavy atom. The molecule has 0 aliphatic carbocycles. The Hall–Kier alpha value is -2.11. The summed E-state index contributed by atoms with van der Waals surface area (Å²) in [5, 5.41) is 12.1. The summed E-state index contributed by atoms with van der Waals surface area (Å²) in [6.45, 7) is 4.15. The maximum Gasteiger partial charge on any atom is 0.419 e. The van der Waals surface area contributed by atoms with Crippen LogP contribution in [-0.2, 0) is 4.79 Å². The van der Waals surface area contributed by atoms with E-state index in [2.05, 4.69) is 0 Å². The van der Waals surface area contributed by atoms with Gasteiger partial charge in [-0.2, -0.15) is 0 Å². The number of imide groups is 1. The first-order valence-electron chi connectivity index (χ1n) is 6.85. The van der Waals surface area contributed by atoms with E-state index in [0.29, 0.717) is 23.3 Å². The van der Waals surface area contributed by atoms with E-state index in [1.54, 1.807) is 11.8 Å². The number of piperidine rings is 1. The van der Waals surface area contributed by atoms with Gasteiger partial charge in [-0.1, -0.05) is 7.43 Å². The molecule has 0 aromatic carbocycles. The van der Waals surface area contributed by atoms with Crippen LogP contribution in [0.15, 0.2) is 12.3 Å². The SMILES string of the molecule is C.Cc1cc(C)c(N2C(=O)C3CCCCN3C2=O)[n+]([O-])c1. The molecule has 21 heavy (non-hydrogen) atoms. The lowest BCUT2D eigenvalue weighted by Gasteiger charge is -2.23. The third-order valence-corrected chi connectivity index (χ3v) is 3.98. The number of carbonyl (C=O) groups is 2. The van der Waals surface area contributed by atoms with E-state index in [4.69, 9.17) is 0 Å². The van der Waals surface area contributed by atoms with Gasteiger partial charge in [0.2, 0.25) is 0 Å². The highest BCUT2D eigenvalue weighted by atomic mass is 16.5. The van der Waals surface area contributed by atoms with Gasteiger partial charge in [0.15, 0.2) is 0 Å². The minimum Gasteiger partial charge on any atom is -0.711 e. The van der Waals surface area contributed by atoms with Gasteiger partial charge < -0.3 is 5.21 Å². The van der Waals surface area contributed by atoms with Gasteiger partial charge in [0, 0.05) is 12.1 Å². The summed E-state index contributed by atoms with van der Waals surface area (Å²) in [6.07, 6.45) is 3.93. The Labute approximate surface area is 124 Å². The number of anilines is 1. The molecule has 1 atom stereocenters. The van der Waals surface area contributed by atoms with Crippen LogP contribution in [0, 0.1) is 19.1 Å². The zero-order chi connectivity index (χ0) is 14.4. The molecule has 3 rings (SSSR count). The first-order chi connectivity index (χ1) is 9.50. The van der Waals surface area contributed by atoms with Crippen molar-refractivity contribution in [2.45, 2.75) is 46.6 Å². The molecule has 2 aliphatic rings. The number of aryl methyl sites for hydroxylation is 2. The molecule has 6 nitrogen and oxygen atoms in total. The first-order valence-corrected chi connectivity index (χ1v) is 6.85. The molecule has 3 amide bonds. The second-order valence-corrected chi connectivity index (χ2v) is 5.51. The van der Waals surface area contributed by atoms with Crippen LogP contribution < -0.4 is 9.63 Å². The monoisotopic (exact) mass is 291 g/mol. The second kappa shape index (κ2) is 5.35. The zero-order valence-corrected chi connectivity index (χ0v) is 11.6. The van der Waals surface area contributed by atoms with E-state index in [9.17, 15) is 14.8 Å². The maximum absolute atomic E-state index is 12.5. The molecule has 1 aromatic heterocycles. The number of carbonyl (C=O) groups excluding carboxylic acids is 2. The van der Waals surface area contributed by atoms with Crippen LogP contribution in [0.1, 0.15) is 37.8 Å². The van der Waals surface area contributed by atoms with Crippen molar-refractivity contribution in [3.05, 3.63) is 28.6 Å². The molecule has 0 radical (unpaired) electrons. The molecule has 0 saturated carbocycles. The van der Waals surface area contributed by atoms with Crippen molar-refractivity contribution < 1.29 is 14.3 Å². The van der Waals surface area contributed by atoms with Gasteiger partial charge in [0.1, 0.15) is 6.04 Å². The molecule has 2 fully saturated rings. The van der Waals surface area contributed by atoms with E-state index < -0.39 is 6.04 Å². The van der Waals surface area contributed by atoms with Crippen LogP contribution in [0.4, 0.5) is 10.6 Å². The molecule has 0 bridgehead atoms.